The summed E-state index contributed by atoms with van der Waals surface area (Å²) < 4.78 is 1.80. The number of rotatable bonds is 4. The maximum Gasteiger partial charge on any atom is 0.277 e. The van der Waals surface area contributed by atoms with Gasteiger partial charge in [0.15, 0.2) is 11.5 Å². The van der Waals surface area contributed by atoms with Crippen LogP contribution in [0.2, 0.25) is 0 Å². The Hall–Kier alpha value is -2.78. The van der Waals surface area contributed by atoms with Gasteiger partial charge in [0.05, 0.1) is 12.2 Å². The number of halogens is 1. The molecule has 142 valence electrons. The van der Waals surface area contributed by atoms with E-state index in [1.807, 2.05) is 31.2 Å². The Morgan fingerprint density at radius 2 is 1.96 bits per heavy atom. The minimum absolute atomic E-state index is 0. The minimum Gasteiger partial charge on any atom is -0.321 e. The molecule has 0 bridgehead atoms. The molecule has 0 spiro atoms. The number of benzene rings is 1. The van der Waals surface area contributed by atoms with Crippen LogP contribution in [0.25, 0.3) is 11.4 Å². The maximum atomic E-state index is 12.4. The van der Waals surface area contributed by atoms with Crippen molar-refractivity contribution in [3.05, 3.63) is 42.0 Å². The topological polar surface area (TPSA) is 113 Å². The predicted octanol–water partition coefficient (Wildman–Crippen LogP) is 1.97. The summed E-state index contributed by atoms with van der Waals surface area (Å²) in [5.41, 5.74) is 1.88. The first-order valence-corrected chi connectivity index (χ1v) is 8.62. The van der Waals surface area contributed by atoms with E-state index in [1.54, 1.807) is 10.9 Å². The molecule has 10 heteroatoms. The standard InChI is InChI=1S/C17H20N8O.ClH/c1-11-19-16(23-21-11)12-2-4-13(5-3-12)20-17(26)15-10-25(24-22-15)14-6-8-18-9-7-14;/h2-5,10,14,18H,6-9H2,1H3,(H,20,26)(H,19,21,23);1H. The summed E-state index contributed by atoms with van der Waals surface area (Å²) in [4.78, 5) is 16.7. The fourth-order valence-corrected chi connectivity index (χ4v) is 3.00. The number of hydrogen-bond donors (Lipinski definition) is 3. The van der Waals surface area contributed by atoms with Gasteiger partial charge in [0.25, 0.3) is 5.91 Å². The highest BCUT2D eigenvalue weighted by Crippen LogP contribution is 2.19. The van der Waals surface area contributed by atoms with E-state index < -0.39 is 0 Å². The first kappa shape index (κ1) is 19.0. The summed E-state index contributed by atoms with van der Waals surface area (Å²) in [7, 11) is 0. The average Bonchev–Trinajstić information content (AvgIpc) is 3.32. The number of amides is 1. The van der Waals surface area contributed by atoms with E-state index in [0.717, 1.165) is 37.3 Å². The van der Waals surface area contributed by atoms with E-state index in [2.05, 4.69) is 36.1 Å². The lowest BCUT2D eigenvalue weighted by Gasteiger charge is -2.22. The lowest BCUT2D eigenvalue weighted by molar-refractivity contribution is 0.102. The van der Waals surface area contributed by atoms with Crippen molar-refractivity contribution in [3.63, 3.8) is 0 Å². The van der Waals surface area contributed by atoms with Crippen molar-refractivity contribution in [2.24, 2.45) is 0 Å². The zero-order valence-electron chi connectivity index (χ0n) is 14.8. The Balaban J connectivity index is 0.00000210. The van der Waals surface area contributed by atoms with Crippen LogP contribution in [-0.2, 0) is 0 Å². The molecule has 2 aromatic heterocycles. The number of aromatic amines is 1. The minimum atomic E-state index is -0.272. The number of H-pyrrole nitrogens is 1. The summed E-state index contributed by atoms with van der Waals surface area (Å²) in [6.07, 6.45) is 3.70. The Kier molecular flexibility index (Phi) is 5.82. The van der Waals surface area contributed by atoms with Crippen LogP contribution in [0.3, 0.4) is 0 Å². The zero-order valence-corrected chi connectivity index (χ0v) is 15.7. The van der Waals surface area contributed by atoms with Crippen molar-refractivity contribution >= 4 is 24.0 Å². The van der Waals surface area contributed by atoms with Gasteiger partial charge in [0.1, 0.15) is 5.82 Å². The molecule has 3 heterocycles. The molecule has 1 aliphatic heterocycles. The third-order valence-electron chi connectivity index (χ3n) is 4.42. The van der Waals surface area contributed by atoms with Crippen LogP contribution in [0.15, 0.2) is 30.5 Å². The monoisotopic (exact) mass is 388 g/mol. The van der Waals surface area contributed by atoms with Gasteiger partial charge in [-0.2, -0.15) is 5.10 Å². The highest BCUT2D eigenvalue weighted by Gasteiger charge is 2.18. The van der Waals surface area contributed by atoms with Crippen molar-refractivity contribution in [1.29, 1.82) is 0 Å². The molecule has 0 saturated carbocycles. The van der Waals surface area contributed by atoms with E-state index >= 15 is 0 Å². The Morgan fingerprint density at radius 1 is 1.22 bits per heavy atom. The van der Waals surface area contributed by atoms with Gasteiger partial charge in [-0.3, -0.25) is 9.89 Å². The quantitative estimate of drug-likeness (QED) is 0.629. The molecular weight excluding hydrogens is 368 g/mol. The SMILES string of the molecule is Cc1nc(-c2ccc(NC(=O)c3cn(C4CCNCC4)nn3)cc2)n[nH]1.Cl. The van der Waals surface area contributed by atoms with Gasteiger partial charge in [0, 0.05) is 11.3 Å². The zero-order chi connectivity index (χ0) is 17.9. The molecule has 1 amide bonds. The van der Waals surface area contributed by atoms with E-state index in [4.69, 9.17) is 0 Å². The molecule has 3 aromatic rings. The number of carbonyl (C=O) groups excluding carboxylic acids is 1. The van der Waals surface area contributed by atoms with E-state index in [0.29, 0.717) is 23.2 Å². The summed E-state index contributed by atoms with van der Waals surface area (Å²) in [5, 5.41) is 21.2. The van der Waals surface area contributed by atoms with Gasteiger partial charge in [-0.15, -0.1) is 17.5 Å². The van der Waals surface area contributed by atoms with Gasteiger partial charge in [-0.05, 0) is 57.1 Å². The lowest BCUT2D eigenvalue weighted by Crippen LogP contribution is -2.29. The second-order valence-corrected chi connectivity index (χ2v) is 6.34. The molecule has 0 unspecified atom stereocenters. The molecule has 0 aliphatic carbocycles. The Labute approximate surface area is 162 Å². The summed E-state index contributed by atoms with van der Waals surface area (Å²) in [6.45, 7) is 3.77. The largest absolute Gasteiger partial charge is 0.321 e. The third-order valence-corrected chi connectivity index (χ3v) is 4.42. The van der Waals surface area contributed by atoms with Crippen molar-refractivity contribution in [2.45, 2.75) is 25.8 Å². The van der Waals surface area contributed by atoms with Crippen molar-refractivity contribution in [1.82, 2.24) is 35.5 Å². The molecular formula is C17H21ClN8O. The molecule has 0 atom stereocenters. The van der Waals surface area contributed by atoms with Crippen LogP contribution in [0.5, 0.6) is 0 Å². The number of carbonyl (C=O) groups is 1. The van der Waals surface area contributed by atoms with Crippen molar-refractivity contribution in [2.75, 3.05) is 18.4 Å². The first-order valence-electron chi connectivity index (χ1n) is 8.62. The number of anilines is 1. The van der Waals surface area contributed by atoms with Crippen molar-refractivity contribution < 1.29 is 4.79 Å². The number of aromatic nitrogens is 6. The number of piperidine rings is 1. The van der Waals surface area contributed by atoms with Gasteiger partial charge < -0.3 is 10.6 Å². The number of nitrogens with zero attached hydrogens (tertiary/aromatic N) is 5. The van der Waals surface area contributed by atoms with Gasteiger partial charge in [-0.25, -0.2) is 9.67 Å². The Morgan fingerprint density at radius 3 is 2.63 bits per heavy atom. The maximum absolute atomic E-state index is 12.4. The molecule has 1 aromatic carbocycles. The second kappa shape index (κ2) is 8.28. The molecule has 1 aliphatic rings. The Bertz CT molecular complexity index is 898. The average molecular weight is 389 g/mol. The summed E-state index contributed by atoms with van der Waals surface area (Å²) in [5.74, 6) is 1.12. The lowest BCUT2D eigenvalue weighted by atomic mass is 10.1. The highest BCUT2D eigenvalue weighted by atomic mass is 35.5. The summed E-state index contributed by atoms with van der Waals surface area (Å²) >= 11 is 0. The second-order valence-electron chi connectivity index (χ2n) is 6.34. The number of aryl methyl sites for hydroxylation is 1. The predicted molar refractivity (Wildman–Crippen MR) is 103 cm³/mol. The number of nitrogens with one attached hydrogen (secondary N) is 3. The van der Waals surface area contributed by atoms with Crippen LogP contribution in [0, 0.1) is 6.92 Å². The van der Waals surface area contributed by atoms with Crippen LogP contribution in [0.4, 0.5) is 5.69 Å². The fourth-order valence-electron chi connectivity index (χ4n) is 3.00. The van der Waals surface area contributed by atoms with Gasteiger partial charge in [-0.1, -0.05) is 5.21 Å². The van der Waals surface area contributed by atoms with Crippen LogP contribution >= 0.6 is 12.4 Å². The van der Waals surface area contributed by atoms with E-state index in [1.165, 1.54) is 0 Å². The molecule has 1 fully saturated rings. The summed E-state index contributed by atoms with van der Waals surface area (Å²) in [6, 6.07) is 7.66. The highest BCUT2D eigenvalue weighted by molar-refractivity contribution is 6.02. The number of hydrogen-bond acceptors (Lipinski definition) is 6. The molecule has 4 rings (SSSR count). The fraction of sp³-hybridized carbons (Fsp3) is 0.353. The molecule has 9 nitrogen and oxygen atoms in total. The van der Waals surface area contributed by atoms with Crippen LogP contribution < -0.4 is 10.6 Å². The third kappa shape index (κ3) is 4.32. The van der Waals surface area contributed by atoms with Gasteiger partial charge >= 0.3 is 0 Å². The van der Waals surface area contributed by atoms with Crippen LogP contribution in [0.1, 0.15) is 35.2 Å². The van der Waals surface area contributed by atoms with E-state index in [-0.39, 0.29) is 18.3 Å². The molecule has 27 heavy (non-hydrogen) atoms. The van der Waals surface area contributed by atoms with Gasteiger partial charge in [0.2, 0.25) is 0 Å². The smallest absolute Gasteiger partial charge is 0.277 e. The normalized spacial score (nSPS) is 14.6. The van der Waals surface area contributed by atoms with Crippen LogP contribution in [-0.4, -0.2) is 49.2 Å². The first-order chi connectivity index (χ1) is 12.7. The van der Waals surface area contributed by atoms with E-state index in [9.17, 15) is 4.79 Å². The molecule has 1 saturated heterocycles. The van der Waals surface area contributed by atoms with Crippen molar-refractivity contribution in [3.8, 4) is 11.4 Å². The molecule has 3 N–H and O–H groups in total. The molecule has 0 radical (unpaired) electrons.